The van der Waals surface area contributed by atoms with Gasteiger partial charge in [-0.05, 0) is 63.8 Å². The van der Waals surface area contributed by atoms with Gasteiger partial charge in [-0.2, -0.15) is 5.10 Å². The average molecular weight is 404 g/mol. The molecular formula is C21H26ClN3O3. The van der Waals surface area contributed by atoms with E-state index in [1.807, 2.05) is 22.9 Å². The lowest BCUT2D eigenvalue weighted by atomic mass is 10.1. The summed E-state index contributed by atoms with van der Waals surface area (Å²) in [5.41, 5.74) is 2.40. The maximum absolute atomic E-state index is 12.8. The van der Waals surface area contributed by atoms with Crippen LogP contribution in [0, 0.1) is 0 Å². The van der Waals surface area contributed by atoms with Crippen LogP contribution >= 0.6 is 11.6 Å². The molecule has 7 heteroatoms. The predicted octanol–water partition coefficient (Wildman–Crippen LogP) is 3.91. The molecule has 1 aliphatic heterocycles. The van der Waals surface area contributed by atoms with Gasteiger partial charge in [-0.15, -0.1) is 0 Å². The van der Waals surface area contributed by atoms with E-state index in [1.165, 1.54) is 0 Å². The molecule has 1 aromatic carbocycles. The van der Waals surface area contributed by atoms with Crippen molar-refractivity contribution in [1.29, 1.82) is 0 Å². The van der Waals surface area contributed by atoms with Crippen LogP contribution in [-0.4, -0.2) is 35.4 Å². The molecule has 0 radical (unpaired) electrons. The lowest BCUT2D eigenvalue weighted by Crippen LogP contribution is -2.33. The summed E-state index contributed by atoms with van der Waals surface area (Å²) >= 11 is 6.29. The van der Waals surface area contributed by atoms with E-state index in [0.717, 1.165) is 24.1 Å². The standard InChI is InChI=1S/C21H26ClN3O3/c1-21(2,3)25-17(12-16(24-25)14-4-5-14)20(26)23-7-6-13-10-15(22)19-18(11-13)27-8-9-28-19/h10-12,14H,4-9H2,1-3H3,(H,23,26). The maximum Gasteiger partial charge on any atom is 0.269 e. The van der Waals surface area contributed by atoms with Crippen LogP contribution in [0.1, 0.15) is 61.3 Å². The largest absolute Gasteiger partial charge is 0.486 e. The van der Waals surface area contributed by atoms with Crippen LogP contribution in [0.4, 0.5) is 0 Å². The second kappa shape index (κ2) is 7.32. The van der Waals surface area contributed by atoms with Gasteiger partial charge in [0, 0.05) is 12.5 Å². The zero-order chi connectivity index (χ0) is 19.9. The van der Waals surface area contributed by atoms with Crippen molar-refractivity contribution in [3.8, 4) is 11.5 Å². The first kappa shape index (κ1) is 19.1. The molecular weight excluding hydrogens is 378 g/mol. The molecule has 0 saturated heterocycles. The number of halogens is 1. The van der Waals surface area contributed by atoms with E-state index in [4.69, 9.17) is 26.2 Å². The van der Waals surface area contributed by atoms with Crippen LogP contribution in [0.5, 0.6) is 11.5 Å². The van der Waals surface area contributed by atoms with Gasteiger partial charge in [0.15, 0.2) is 11.5 Å². The highest BCUT2D eigenvalue weighted by atomic mass is 35.5. The molecule has 0 atom stereocenters. The van der Waals surface area contributed by atoms with Gasteiger partial charge in [-0.25, -0.2) is 0 Å². The Labute approximate surface area is 170 Å². The van der Waals surface area contributed by atoms with Crippen LogP contribution < -0.4 is 14.8 Å². The number of ether oxygens (including phenoxy) is 2. The Morgan fingerprint density at radius 1 is 1.25 bits per heavy atom. The Hall–Kier alpha value is -2.21. The molecule has 1 amide bonds. The average Bonchev–Trinajstić information content (AvgIpc) is 3.38. The Morgan fingerprint density at radius 2 is 2.00 bits per heavy atom. The third-order valence-electron chi connectivity index (χ3n) is 4.95. The van der Waals surface area contributed by atoms with E-state index in [-0.39, 0.29) is 11.4 Å². The summed E-state index contributed by atoms with van der Waals surface area (Å²) in [4.78, 5) is 12.8. The van der Waals surface area contributed by atoms with Crippen molar-refractivity contribution in [3.63, 3.8) is 0 Å². The number of carbonyl (C=O) groups is 1. The van der Waals surface area contributed by atoms with Crippen molar-refractivity contribution < 1.29 is 14.3 Å². The lowest BCUT2D eigenvalue weighted by molar-refractivity contribution is 0.0935. The zero-order valence-electron chi connectivity index (χ0n) is 16.5. The lowest BCUT2D eigenvalue weighted by Gasteiger charge is -2.22. The fourth-order valence-electron chi connectivity index (χ4n) is 3.37. The fourth-order valence-corrected chi connectivity index (χ4v) is 3.66. The highest BCUT2D eigenvalue weighted by Gasteiger charge is 2.31. The zero-order valence-corrected chi connectivity index (χ0v) is 17.3. The summed E-state index contributed by atoms with van der Waals surface area (Å²) in [7, 11) is 0. The Kier molecular flexibility index (Phi) is 5.00. The minimum absolute atomic E-state index is 0.0991. The first-order valence-electron chi connectivity index (χ1n) is 9.79. The molecule has 1 N–H and O–H groups in total. The number of nitrogens with one attached hydrogen (secondary N) is 1. The second-order valence-electron chi connectivity index (χ2n) is 8.42. The topological polar surface area (TPSA) is 65.4 Å². The first-order valence-corrected chi connectivity index (χ1v) is 10.2. The molecule has 6 nitrogen and oxygen atoms in total. The fraction of sp³-hybridized carbons (Fsp3) is 0.524. The molecule has 1 aromatic heterocycles. The highest BCUT2D eigenvalue weighted by Crippen LogP contribution is 2.40. The van der Waals surface area contributed by atoms with E-state index < -0.39 is 0 Å². The van der Waals surface area contributed by atoms with Gasteiger partial charge in [0.1, 0.15) is 18.9 Å². The summed E-state index contributed by atoms with van der Waals surface area (Å²) in [6, 6.07) is 5.74. The number of fused-ring (bicyclic) bond motifs is 1. The molecule has 1 fully saturated rings. The van der Waals surface area contributed by atoms with Gasteiger partial charge in [-0.3, -0.25) is 9.48 Å². The third-order valence-corrected chi connectivity index (χ3v) is 5.23. The monoisotopic (exact) mass is 403 g/mol. The van der Waals surface area contributed by atoms with Gasteiger partial charge in [-0.1, -0.05) is 11.6 Å². The summed E-state index contributed by atoms with van der Waals surface area (Å²) in [5, 5.41) is 8.26. The maximum atomic E-state index is 12.8. The number of hydrogen-bond donors (Lipinski definition) is 1. The van der Waals surface area contributed by atoms with Gasteiger partial charge >= 0.3 is 0 Å². The van der Waals surface area contributed by atoms with Crippen molar-refractivity contribution in [2.24, 2.45) is 0 Å². The van der Waals surface area contributed by atoms with E-state index in [1.54, 1.807) is 0 Å². The number of carbonyl (C=O) groups excluding carboxylic acids is 1. The van der Waals surface area contributed by atoms with Gasteiger partial charge < -0.3 is 14.8 Å². The normalized spacial score (nSPS) is 16.1. The number of hydrogen-bond acceptors (Lipinski definition) is 4. The minimum atomic E-state index is -0.247. The van der Waals surface area contributed by atoms with E-state index in [2.05, 4.69) is 26.1 Å². The quantitative estimate of drug-likeness (QED) is 0.821. The highest BCUT2D eigenvalue weighted by molar-refractivity contribution is 6.32. The van der Waals surface area contributed by atoms with Crippen molar-refractivity contribution in [3.05, 3.63) is 40.2 Å². The van der Waals surface area contributed by atoms with Crippen LogP contribution in [0.25, 0.3) is 0 Å². The third kappa shape index (κ3) is 3.97. The molecule has 2 aliphatic rings. The Bertz CT molecular complexity index is 897. The number of nitrogens with zero attached hydrogens (tertiary/aromatic N) is 2. The minimum Gasteiger partial charge on any atom is -0.486 e. The predicted molar refractivity (Wildman–Crippen MR) is 108 cm³/mol. The van der Waals surface area contributed by atoms with E-state index in [9.17, 15) is 4.79 Å². The van der Waals surface area contributed by atoms with Crippen molar-refractivity contribution >= 4 is 17.5 Å². The summed E-state index contributed by atoms with van der Waals surface area (Å²) in [6.07, 6.45) is 2.97. The molecule has 0 bridgehead atoms. The Balaban J connectivity index is 1.43. The van der Waals surface area contributed by atoms with Crippen molar-refractivity contribution in [2.75, 3.05) is 19.8 Å². The summed E-state index contributed by atoms with van der Waals surface area (Å²) < 4.78 is 13.0. The first-order chi connectivity index (χ1) is 13.3. The van der Waals surface area contributed by atoms with Gasteiger partial charge in [0.2, 0.25) is 0 Å². The summed E-state index contributed by atoms with van der Waals surface area (Å²) in [6.45, 7) is 7.71. The molecule has 150 valence electrons. The van der Waals surface area contributed by atoms with E-state index in [0.29, 0.717) is 54.3 Å². The molecule has 1 saturated carbocycles. The van der Waals surface area contributed by atoms with Gasteiger partial charge in [0.25, 0.3) is 5.91 Å². The second-order valence-corrected chi connectivity index (χ2v) is 8.83. The molecule has 1 aliphatic carbocycles. The smallest absolute Gasteiger partial charge is 0.269 e. The van der Waals surface area contributed by atoms with E-state index >= 15 is 0 Å². The van der Waals surface area contributed by atoms with Crippen LogP contribution in [0.15, 0.2) is 18.2 Å². The van der Waals surface area contributed by atoms with Crippen LogP contribution in [-0.2, 0) is 12.0 Å². The SMILES string of the molecule is CC(C)(C)n1nc(C2CC2)cc1C(=O)NCCc1cc(Cl)c2c(c1)OCCO2. The van der Waals surface area contributed by atoms with Crippen molar-refractivity contribution in [2.45, 2.75) is 51.5 Å². The molecule has 2 aromatic rings. The van der Waals surface area contributed by atoms with Crippen LogP contribution in [0.3, 0.4) is 0 Å². The number of amides is 1. The number of benzene rings is 1. The molecule has 2 heterocycles. The molecule has 0 unspecified atom stereocenters. The number of rotatable bonds is 5. The molecule has 28 heavy (non-hydrogen) atoms. The summed E-state index contributed by atoms with van der Waals surface area (Å²) in [5.74, 6) is 1.68. The number of aromatic nitrogens is 2. The van der Waals surface area contributed by atoms with Gasteiger partial charge in [0.05, 0.1) is 16.3 Å². The van der Waals surface area contributed by atoms with Crippen molar-refractivity contribution in [1.82, 2.24) is 15.1 Å². The Morgan fingerprint density at radius 3 is 2.71 bits per heavy atom. The van der Waals surface area contributed by atoms with Crippen LogP contribution in [0.2, 0.25) is 5.02 Å². The molecule has 0 spiro atoms. The molecule has 4 rings (SSSR count).